The minimum atomic E-state index is -4.43. The molecule has 0 atom stereocenters. The highest BCUT2D eigenvalue weighted by atomic mass is 19.4. The van der Waals surface area contributed by atoms with Crippen LogP contribution in [0.3, 0.4) is 0 Å². The molecule has 0 radical (unpaired) electrons. The molecule has 0 aliphatic carbocycles. The Kier molecular flexibility index (Phi) is 6.79. The third kappa shape index (κ3) is 5.84. The van der Waals surface area contributed by atoms with Crippen molar-refractivity contribution in [2.24, 2.45) is 5.92 Å². The SMILES string of the molecule is O=C(NCC(F)(F)F)C1CCN(C(=O)/C=C/c2ccc(N3CCCC3=O)cc2)CC1. The lowest BCUT2D eigenvalue weighted by Gasteiger charge is -2.30. The summed E-state index contributed by atoms with van der Waals surface area (Å²) < 4.78 is 36.6. The van der Waals surface area contributed by atoms with Crippen LogP contribution < -0.4 is 10.2 Å². The normalized spacial score (nSPS) is 18.3. The lowest BCUT2D eigenvalue weighted by Crippen LogP contribution is -2.44. The van der Waals surface area contributed by atoms with E-state index in [0.717, 1.165) is 24.2 Å². The van der Waals surface area contributed by atoms with Gasteiger partial charge in [-0.2, -0.15) is 13.2 Å². The molecule has 162 valence electrons. The zero-order valence-electron chi connectivity index (χ0n) is 16.5. The van der Waals surface area contributed by atoms with E-state index in [0.29, 0.717) is 32.4 Å². The zero-order chi connectivity index (χ0) is 21.7. The van der Waals surface area contributed by atoms with Crippen LogP contribution in [0.2, 0.25) is 0 Å². The van der Waals surface area contributed by atoms with Gasteiger partial charge in [0.1, 0.15) is 6.54 Å². The van der Waals surface area contributed by atoms with Crippen molar-refractivity contribution in [3.63, 3.8) is 0 Å². The Bertz CT molecular complexity index is 813. The standard InChI is InChI=1S/C21H24F3N3O3/c22-21(23,24)14-25-20(30)16-9-12-26(13-10-16)18(28)8-5-15-3-6-17(7-4-15)27-11-1-2-19(27)29/h3-8,16H,1-2,9-14H2,(H,25,30)/b8-5+. The molecule has 2 aliphatic heterocycles. The number of halogens is 3. The van der Waals surface area contributed by atoms with Crippen LogP contribution in [0.15, 0.2) is 30.3 Å². The Labute approximate surface area is 172 Å². The number of hydrogen-bond acceptors (Lipinski definition) is 3. The summed E-state index contributed by atoms with van der Waals surface area (Å²) in [4.78, 5) is 39.3. The first-order chi connectivity index (χ1) is 14.2. The van der Waals surface area contributed by atoms with Crippen molar-refractivity contribution in [1.82, 2.24) is 10.2 Å². The highest BCUT2D eigenvalue weighted by molar-refractivity contribution is 5.95. The molecule has 2 aliphatic rings. The first-order valence-electron chi connectivity index (χ1n) is 9.95. The van der Waals surface area contributed by atoms with Gasteiger partial charge in [-0.15, -0.1) is 0 Å². The lowest BCUT2D eigenvalue weighted by molar-refractivity contribution is -0.142. The number of benzene rings is 1. The van der Waals surface area contributed by atoms with E-state index in [4.69, 9.17) is 0 Å². The summed E-state index contributed by atoms with van der Waals surface area (Å²) in [7, 11) is 0. The number of hydrogen-bond donors (Lipinski definition) is 1. The maximum atomic E-state index is 12.4. The summed E-state index contributed by atoms with van der Waals surface area (Å²) in [6.07, 6.45) is 0.787. The molecule has 3 amide bonds. The number of nitrogens with one attached hydrogen (secondary N) is 1. The predicted molar refractivity (Wildman–Crippen MR) is 105 cm³/mol. The zero-order valence-corrected chi connectivity index (χ0v) is 16.5. The van der Waals surface area contributed by atoms with E-state index in [1.807, 2.05) is 29.6 Å². The predicted octanol–water partition coefficient (Wildman–Crippen LogP) is 2.74. The van der Waals surface area contributed by atoms with Gasteiger partial charge < -0.3 is 15.1 Å². The number of likely N-dealkylation sites (tertiary alicyclic amines) is 1. The summed E-state index contributed by atoms with van der Waals surface area (Å²) in [5.41, 5.74) is 1.66. The number of alkyl halides is 3. The molecule has 0 aromatic heterocycles. The van der Waals surface area contributed by atoms with Crippen LogP contribution in [0.4, 0.5) is 18.9 Å². The van der Waals surface area contributed by atoms with Gasteiger partial charge in [-0.05, 0) is 43.0 Å². The van der Waals surface area contributed by atoms with Crippen LogP contribution in [0, 0.1) is 5.92 Å². The quantitative estimate of drug-likeness (QED) is 0.741. The molecule has 1 aromatic rings. The molecule has 2 heterocycles. The van der Waals surface area contributed by atoms with Crippen molar-refractivity contribution in [2.75, 3.05) is 31.1 Å². The highest BCUT2D eigenvalue weighted by Crippen LogP contribution is 2.22. The van der Waals surface area contributed by atoms with Crippen LogP contribution in [-0.4, -0.2) is 55.0 Å². The van der Waals surface area contributed by atoms with Gasteiger partial charge in [0.25, 0.3) is 0 Å². The Hall–Kier alpha value is -2.84. The monoisotopic (exact) mass is 423 g/mol. The molecule has 0 spiro atoms. The van der Waals surface area contributed by atoms with E-state index in [-0.39, 0.29) is 11.8 Å². The molecule has 3 rings (SSSR count). The molecular formula is C21H24F3N3O3. The Morgan fingerprint density at radius 2 is 1.77 bits per heavy atom. The molecule has 9 heteroatoms. The number of carbonyl (C=O) groups is 3. The van der Waals surface area contributed by atoms with Gasteiger partial charge in [0.05, 0.1) is 0 Å². The average Bonchev–Trinajstić information content (AvgIpc) is 3.16. The molecule has 6 nitrogen and oxygen atoms in total. The summed E-state index contributed by atoms with van der Waals surface area (Å²) in [6.45, 7) is 0.0295. The molecule has 2 fully saturated rings. The van der Waals surface area contributed by atoms with Gasteiger partial charge in [-0.25, -0.2) is 0 Å². The molecule has 30 heavy (non-hydrogen) atoms. The second kappa shape index (κ2) is 9.32. The average molecular weight is 423 g/mol. The molecule has 1 N–H and O–H groups in total. The minimum Gasteiger partial charge on any atom is -0.347 e. The molecule has 1 aromatic carbocycles. The fourth-order valence-electron chi connectivity index (χ4n) is 3.65. The van der Waals surface area contributed by atoms with Gasteiger partial charge in [0, 0.05) is 43.7 Å². The number of amides is 3. The lowest BCUT2D eigenvalue weighted by atomic mass is 9.96. The maximum Gasteiger partial charge on any atom is 0.405 e. The molecule has 0 bridgehead atoms. The van der Waals surface area contributed by atoms with Crippen LogP contribution in [0.5, 0.6) is 0 Å². The summed E-state index contributed by atoms with van der Waals surface area (Å²) >= 11 is 0. The van der Waals surface area contributed by atoms with E-state index in [2.05, 4.69) is 0 Å². The van der Waals surface area contributed by atoms with Crippen LogP contribution in [-0.2, 0) is 14.4 Å². The number of anilines is 1. The van der Waals surface area contributed by atoms with Crippen molar-refractivity contribution >= 4 is 29.5 Å². The number of rotatable bonds is 5. The van der Waals surface area contributed by atoms with E-state index < -0.39 is 24.5 Å². The van der Waals surface area contributed by atoms with Gasteiger partial charge >= 0.3 is 6.18 Å². The summed E-state index contributed by atoms with van der Waals surface area (Å²) in [5.74, 6) is -1.22. The molecule has 0 unspecified atom stereocenters. The van der Waals surface area contributed by atoms with Crippen molar-refractivity contribution in [3.05, 3.63) is 35.9 Å². The van der Waals surface area contributed by atoms with E-state index in [1.165, 1.54) is 6.08 Å². The van der Waals surface area contributed by atoms with Gasteiger partial charge in [0.2, 0.25) is 17.7 Å². The second-order valence-electron chi connectivity index (χ2n) is 7.51. The van der Waals surface area contributed by atoms with Crippen LogP contribution in [0.1, 0.15) is 31.2 Å². The van der Waals surface area contributed by atoms with Crippen molar-refractivity contribution in [1.29, 1.82) is 0 Å². The molecule has 2 saturated heterocycles. The third-order valence-electron chi connectivity index (χ3n) is 5.34. The highest BCUT2D eigenvalue weighted by Gasteiger charge is 2.31. The van der Waals surface area contributed by atoms with Crippen LogP contribution in [0.25, 0.3) is 6.08 Å². The Morgan fingerprint density at radius 3 is 2.33 bits per heavy atom. The van der Waals surface area contributed by atoms with Crippen molar-refractivity contribution < 1.29 is 27.6 Å². The smallest absolute Gasteiger partial charge is 0.347 e. The van der Waals surface area contributed by atoms with Crippen molar-refractivity contribution in [3.8, 4) is 0 Å². The fraction of sp³-hybridized carbons (Fsp3) is 0.476. The van der Waals surface area contributed by atoms with E-state index in [9.17, 15) is 27.6 Å². The first-order valence-corrected chi connectivity index (χ1v) is 9.95. The van der Waals surface area contributed by atoms with E-state index in [1.54, 1.807) is 15.9 Å². The topological polar surface area (TPSA) is 69.7 Å². The molecular weight excluding hydrogens is 399 g/mol. The van der Waals surface area contributed by atoms with E-state index >= 15 is 0 Å². The van der Waals surface area contributed by atoms with Crippen LogP contribution >= 0.6 is 0 Å². The summed E-state index contributed by atoms with van der Waals surface area (Å²) in [6, 6.07) is 7.36. The minimum absolute atomic E-state index is 0.115. The number of piperidine rings is 1. The Balaban J connectivity index is 1.47. The molecule has 0 saturated carbocycles. The first kappa shape index (κ1) is 21.9. The van der Waals surface area contributed by atoms with Gasteiger partial charge in [-0.1, -0.05) is 12.1 Å². The fourth-order valence-corrected chi connectivity index (χ4v) is 3.65. The number of nitrogens with zero attached hydrogens (tertiary/aromatic N) is 2. The van der Waals surface area contributed by atoms with Crippen molar-refractivity contribution in [2.45, 2.75) is 31.9 Å². The second-order valence-corrected chi connectivity index (χ2v) is 7.51. The summed E-state index contributed by atoms with van der Waals surface area (Å²) in [5, 5.41) is 1.90. The van der Waals surface area contributed by atoms with Gasteiger partial charge in [0.15, 0.2) is 0 Å². The Morgan fingerprint density at radius 1 is 1.10 bits per heavy atom. The largest absolute Gasteiger partial charge is 0.405 e. The third-order valence-corrected chi connectivity index (χ3v) is 5.34. The maximum absolute atomic E-state index is 12.4. The van der Waals surface area contributed by atoms with Gasteiger partial charge in [-0.3, -0.25) is 14.4 Å². The number of carbonyl (C=O) groups excluding carboxylic acids is 3.